The summed E-state index contributed by atoms with van der Waals surface area (Å²) in [4.78, 5) is 40.6. The van der Waals surface area contributed by atoms with Crippen molar-refractivity contribution in [3.8, 4) is 5.75 Å². The summed E-state index contributed by atoms with van der Waals surface area (Å²) < 4.78 is 11.1. The van der Waals surface area contributed by atoms with Gasteiger partial charge in [-0.1, -0.05) is 0 Å². The van der Waals surface area contributed by atoms with Gasteiger partial charge in [0.1, 0.15) is 24.0 Å². The highest BCUT2D eigenvalue weighted by Crippen LogP contribution is 2.35. The molecule has 36 heavy (non-hydrogen) atoms. The number of anilines is 3. The maximum atomic E-state index is 12.6. The third-order valence-corrected chi connectivity index (χ3v) is 7.81. The molecule has 2 amide bonds. The van der Waals surface area contributed by atoms with E-state index in [2.05, 4.69) is 25.1 Å². The average Bonchev–Trinajstić information content (AvgIpc) is 3.27. The third kappa shape index (κ3) is 4.40. The van der Waals surface area contributed by atoms with Crippen molar-refractivity contribution in [1.29, 1.82) is 0 Å². The number of aromatic nitrogens is 2. The van der Waals surface area contributed by atoms with E-state index < -0.39 is 0 Å². The fraction of sp³-hybridized carbons (Fsp3) is 0.360. The van der Waals surface area contributed by atoms with Crippen molar-refractivity contribution < 1.29 is 19.1 Å². The van der Waals surface area contributed by atoms with Crippen LogP contribution in [0.5, 0.6) is 5.75 Å². The van der Waals surface area contributed by atoms with Gasteiger partial charge in [-0.25, -0.2) is 14.8 Å². The summed E-state index contributed by atoms with van der Waals surface area (Å²) in [6, 6.07) is 11.5. The Morgan fingerprint density at radius 1 is 1.11 bits per heavy atom. The lowest BCUT2D eigenvalue weighted by Gasteiger charge is -2.36. The van der Waals surface area contributed by atoms with Crippen molar-refractivity contribution >= 4 is 51.9 Å². The first-order valence-corrected chi connectivity index (χ1v) is 12.9. The van der Waals surface area contributed by atoms with E-state index in [0.717, 1.165) is 64.9 Å². The molecule has 0 radical (unpaired) electrons. The van der Waals surface area contributed by atoms with Crippen LogP contribution in [0.1, 0.15) is 0 Å². The van der Waals surface area contributed by atoms with Crippen molar-refractivity contribution in [3.63, 3.8) is 0 Å². The Hall–Kier alpha value is -3.57. The number of carbonyl (C=O) groups is 2. The number of thioether (sulfide) groups is 1. The molecule has 0 saturated carbocycles. The van der Waals surface area contributed by atoms with Crippen LogP contribution in [0, 0.1) is 0 Å². The summed E-state index contributed by atoms with van der Waals surface area (Å²) in [7, 11) is 1.66. The fourth-order valence-electron chi connectivity index (χ4n) is 4.90. The molecule has 1 N–H and O–H groups in total. The monoisotopic (exact) mass is 506 g/mol. The largest absolute Gasteiger partial charge is 0.497 e. The van der Waals surface area contributed by atoms with Gasteiger partial charge in [0.2, 0.25) is 5.91 Å². The van der Waals surface area contributed by atoms with E-state index in [-0.39, 0.29) is 18.1 Å². The van der Waals surface area contributed by atoms with Crippen LogP contribution in [0.25, 0.3) is 10.9 Å². The van der Waals surface area contributed by atoms with Crippen LogP contribution in [0.2, 0.25) is 0 Å². The highest BCUT2D eigenvalue weighted by molar-refractivity contribution is 8.00. The number of ether oxygens (including phenoxy) is 2. The van der Waals surface area contributed by atoms with E-state index in [0.29, 0.717) is 18.8 Å². The number of nitrogens with zero attached hydrogens (tertiary/aromatic N) is 5. The maximum Gasteiger partial charge on any atom is 0.414 e. The van der Waals surface area contributed by atoms with Gasteiger partial charge in [0.05, 0.1) is 30.6 Å². The lowest BCUT2D eigenvalue weighted by atomic mass is 10.2. The molecule has 6 rings (SSSR count). The molecule has 1 unspecified atom stereocenters. The molecule has 0 aliphatic carbocycles. The normalized spacial score (nSPS) is 20.3. The number of cyclic esters (lactones) is 1. The Bertz CT molecular complexity index is 1330. The van der Waals surface area contributed by atoms with E-state index in [1.54, 1.807) is 18.3 Å². The van der Waals surface area contributed by atoms with Gasteiger partial charge in [0.15, 0.2) is 0 Å². The first kappa shape index (κ1) is 22.9. The van der Waals surface area contributed by atoms with Crippen molar-refractivity contribution in [2.45, 2.75) is 11.0 Å². The average molecular weight is 507 g/mol. The van der Waals surface area contributed by atoms with E-state index in [9.17, 15) is 9.59 Å². The number of rotatable bonds is 5. The van der Waals surface area contributed by atoms with Crippen molar-refractivity contribution in [1.82, 2.24) is 14.9 Å². The lowest BCUT2D eigenvalue weighted by molar-refractivity contribution is -0.113. The summed E-state index contributed by atoms with van der Waals surface area (Å²) in [6.07, 6.45) is 1.04. The second kappa shape index (κ2) is 9.47. The zero-order valence-corrected chi connectivity index (χ0v) is 20.7. The standard InChI is InChI=1S/C25H26N6O4S/c1-34-17-3-4-20-19(11-17)24(27-15-26-20)30-8-6-29(7-9-30)12-18-13-31(25(33)35-18)16-2-5-22-21(10-16)28-23(32)14-36-22/h2-5,10-11,15,18H,6-9,12-14H2,1H3,(H,28,32). The highest BCUT2D eigenvalue weighted by atomic mass is 32.2. The van der Waals surface area contributed by atoms with Crippen LogP contribution in [-0.4, -0.2) is 85.1 Å². The predicted molar refractivity (Wildman–Crippen MR) is 138 cm³/mol. The topological polar surface area (TPSA) is 100 Å². The van der Waals surface area contributed by atoms with E-state index in [1.807, 2.05) is 36.4 Å². The molecule has 3 aliphatic heterocycles. The molecule has 11 heteroatoms. The van der Waals surface area contributed by atoms with Gasteiger partial charge in [-0.15, -0.1) is 11.8 Å². The third-order valence-electron chi connectivity index (χ3n) is 6.74. The van der Waals surface area contributed by atoms with Gasteiger partial charge in [-0.2, -0.15) is 0 Å². The van der Waals surface area contributed by atoms with Gasteiger partial charge in [-0.3, -0.25) is 14.6 Å². The van der Waals surface area contributed by atoms with Crippen LogP contribution < -0.4 is 19.9 Å². The maximum absolute atomic E-state index is 12.6. The number of nitrogens with one attached hydrogen (secondary N) is 1. The molecule has 0 bridgehead atoms. The van der Waals surface area contributed by atoms with Crippen molar-refractivity contribution in [2.24, 2.45) is 0 Å². The van der Waals surface area contributed by atoms with Gasteiger partial charge in [0.25, 0.3) is 0 Å². The summed E-state index contributed by atoms with van der Waals surface area (Å²) in [5, 5.41) is 3.86. The predicted octanol–water partition coefficient (Wildman–Crippen LogP) is 2.83. The number of methoxy groups -OCH3 is 1. The molecular weight excluding hydrogens is 480 g/mol. The zero-order chi connectivity index (χ0) is 24.6. The molecule has 2 saturated heterocycles. The van der Waals surface area contributed by atoms with Gasteiger partial charge in [0, 0.05) is 48.7 Å². The number of piperazine rings is 1. The van der Waals surface area contributed by atoms with Gasteiger partial charge in [-0.05, 0) is 36.4 Å². The lowest BCUT2D eigenvalue weighted by Crippen LogP contribution is -2.49. The van der Waals surface area contributed by atoms with Crippen LogP contribution in [0.3, 0.4) is 0 Å². The van der Waals surface area contributed by atoms with Gasteiger partial charge >= 0.3 is 6.09 Å². The number of hydrogen-bond donors (Lipinski definition) is 1. The minimum absolute atomic E-state index is 0.0280. The fourth-order valence-corrected chi connectivity index (χ4v) is 5.69. The number of benzene rings is 2. The quantitative estimate of drug-likeness (QED) is 0.560. The molecule has 1 atom stereocenters. The molecular formula is C25H26N6O4S. The van der Waals surface area contributed by atoms with Crippen LogP contribution in [0.4, 0.5) is 22.0 Å². The second-order valence-electron chi connectivity index (χ2n) is 9.00. The smallest absolute Gasteiger partial charge is 0.414 e. The molecule has 3 aromatic rings. The van der Waals surface area contributed by atoms with E-state index in [4.69, 9.17) is 9.47 Å². The Kier molecular flexibility index (Phi) is 6.02. The van der Waals surface area contributed by atoms with Crippen LogP contribution in [0.15, 0.2) is 47.6 Å². The summed E-state index contributed by atoms with van der Waals surface area (Å²) in [5.41, 5.74) is 2.37. The molecule has 4 heterocycles. The number of hydrogen-bond acceptors (Lipinski definition) is 9. The van der Waals surface area contributed by atoms with E-state index in [1.165, 1.54) is 11.8 Å². The Morgan fingerprint density at radius 3 is 2.81 bits per heavy atom. The minimum Gasteiger partial charge on any atom is -0.497 e. The Morgan fingerprint density at radius 2 is 1.97 bits per heavy atom. The SMILES string of the molecule is COc1ccc2ncnc(N3CCN(CC4CN(c5ccc6c(c5)NC(=O)CS6)C(=O)O4)CC3)c2c1. The number of amides is 2. The molecule has 1 aromatic heterocycles. The second-order valence-corrected chi connectivity index (χ2v) is 10.0. The first-order chi connectivity index (χ1) is 17.6. The Balaban J connectivity index is 1.08. The van der Waals surface area contributed by atoms with Gasteiger partial charge < -0.3 is 19.7 Å². The van der Waals surface area contributed by atoms with Crippen molar-refractivity contribution in [3.05, 3.63) is 42.7 Å². The molecule has 3 aliphatic rings. The molecule has 2 aromatic carbocycles. The number of fused-ring (bicyclic) bond motifs is 2. The molecule has 10 nitrogen and oxygen atoms in total. The van der Waals surface area contributed by atoms with Crippen LogP contribution in [-0.2, 0) is 9.53 Å². The molecule has 186 valence electrons. The molecule has 2 fully saturated rings. The zero-order valence-electron chi connectivity index (χ0n) is 19.8. The van der Waals surface area contributed by atoms with Crippen LogP contribution >= 0.6 is 11.8 Å². The minimum atomic E-state index is -0.352. The van der Waals surface area contributed by atoms with Crippen molar-refractivity contribution in [2.75, 3.05) is 67.2 Å². The summed E-state index contributed by atoms with van der Waals surface area (Å²) >= 11 is 1.50. The molecule has 0 spiro atoms. The summed E-state index contributed by atoms with van der Waals surface area (Å²) in [6.45, 7) is 4.46. The Labute approximate surface area is 212 Å². The number of carbonyl (C=O) groups excluding carboxylic acids is 2. The summed E-state index contributed by atoms with van der Waals surface area (Å²) in [5.74, 6) is 2.08. The van der Waals surface area contributed by atoms with E-state index >= 15 is 0 Å². The first-order valence-electron chi connectivity index (χ1n) is 11.9. The highest BCUT2D eigenvalue weighted by Gasteiger charge is 2.35.